The van der Waals surface area contributed by atoms with Crippen molar-refractivity contribution in [2.75, 3.05) is 6.61 Å². The van der Waals surface area contributed by atoms with Gasteiger partial charge in [-0.3, -0.25) is 0 Å². The molecule has 5 N–H and O–H groups in total. The van der Waals surface area contributed by atoms with Crippen LogP contribution in [0.3, 0.4) is 0 Å². The Kier molecular flexibility index (Phi) is 9.42. The van der Waals surface area contributed by atoms with E-state index in [4.69, 9.17) is 29.2 Å². The van der Waals surface area contributed by atoms with Crippen LogP contribution in [0, 0.1) is 34.5 Å². The molecule has 0 aromatic rings. The lowest BCUT2D eigenvalue weighted by Crippen LogP contribution is -2.64. The first-order chi connectivity index (χ1) is 23.2. The maximum atomic E-state index is 12.5. The number of carbonyl (C=O) groups is 1. The van der Waals surface area contributed by atoms with Gasteiger partial charge in [0.05, 0.1) is 36.1 Å². The molecule has 0 aromatic heterocycles. The Morgan fingerprint density at radius 3 is 2.33 bits per heavy atom. The minimum absolute atomic E-state index is 0.0320. The van der Waals surface area contributed by atoms with Crippen LogP contribution in [0.1, 0.15) is 85.5 Å². The van der Waals surface area contributed by atoms with Gasteiger partial charge in [0.2, 0.25) is 0 Å². The molecule has 4 aliphatic carbocycles. The first-order valence-electron chi connectivity index (χ1n) is 18.2. The van der Waals surface area contributed by atoms with E-state index < -0.39 is 67.0 Å². The Labute approximate surface area is 286 Å². The predicted octanol–water partition coefficient (Wildman–Crippen LogP) is 2.63. The predicted molar refractivity (Wildman–Crippen MR) is 171 cm³/mol. The highest BCUT2D eigenvalue weighted by atomic mass is 16.7. The molecule has 0 radical (unpaired) electrons. The summed E-state index contributed by atoms with van der Waals surface area (Å²) in [5, 5.41) is 59.5. The molecule has 6 fully saturated rings. The summed E-state index contributed by atoms with van der Waals surface area (Å²) in [7, 11) is 0. The van der Waals surface area contributed by atoms with Gasteiger partial charge in [-0.25, -0.2) is 4.79 Å². The maximum Gasteiger partial charge on any atom is 0.331 e. The molecular weight excluding hydrogens is 638 g/mol. The van der Waals surface area contributed by atoms with Gasteiger partial charge in [0.25, 0.3) is 0 Å². The molecule has 18 atom stereocenters. The molecule has 0 aromatic carbocycles. The maximum absolute atomic E-state index is 12.5. The van der Waals surface area contributed by atoms with E-state index in [2.05, 4.69) is 23.9 Å². The average molecular weight is 692 g/mol. The van der Waals surface area contributed by atoms with Crippen LogP contribution in [0.15, 0.2) is 16.8 Å². The molecular formula is C35H53N3O11. The summed E-state index contributed by atoms with van der Waals surface area (Å²) in [5.41, 5.74) is 8.82. The van der Waals surface area contributed by atoms with Crippen LogP contribution in [0.25, 0.3) is 10.4 Å². The summed E-state index contributed by atoms with van der Waals surface area (Å²) in [6.45, 7) is 8.19. The molecule has 3 aliphatic heterocycles. The zero-order valence-electron chi connectivity index (χ0n) is 28.8. The Bertz CT molecular complexity index is 1360. The van der Waals surface area contributed by atoms with E-state index in [-0.39, 0.29) is 34.7 Å². The zero-order valence-corrected chi connectivity index (χ0v) is 28.8. The molecule has 0 bridgehead atoms. The molecule has 3 heterocycles. The summed E-state index contributed by atoms with van der Waals surface area (Å²) in [5.74, 6) is 0.823. The number of hydrogen-bond acceptors (Lipinski definition) is 12. The molecule has 7 unspecified atom stereocenters. The van der Waals surface area contributed by atoms with E-state index in [9.17, 15) is 30.3 Å². The lowest BCUT2D eigenvalue weighted by atomic mass is 9.43. The summed E-state index contributed by atoms with van der Waals surface area (Å²) >= 11 is 0. The standard InChI is InChI=1S/C35H53N3O11/c1-16-25(37-38-36)27(41)28(42)31(46-16)49-30-26(40)17(2)47-32(29(30)43)48-20-7-10-33(3)19(14-20)5-6-23-22(33)8-11-34(4)21(9-12-35(23,34)44)18-13-24(39)45-15-18/h13,16-17,19-23,25-32,40-44H,5-12,14-15H2,1-4H3/t16?,17?,19-,20+,21-,22?,23-,25+,26+,27?,28+,29+,30?,31+,32+,33?,34?,35+/m1/s1. The van der Waals surface area contributed by atoms with Gasteiger partial charge in [-0.2, -0.15) is 0 Å². The first kappa shape index (κ1) is 35.6. The molecule has 2 saturated heterocycles. The third-order valence-electron chi connectivity index (χ3n) is 14.3. The van der Waals surface area contributed by atoms with Gasteiger partial charge in [0.15, 0.2) is 12.6 Å². The van der Waals surface area contributed by atoms with E-state index in [1.54, 1.807) is 19.9 Å². The van der Waals surface area contributed by atoms with Crippen molar-refractivity contribution in [2.24, 2.45) is 39.6 Å². The van der Waals surface area contributed by atoms with E-state index in [1.807, 2.05) is 0 Å². The lowest BCUT2D eigenvalue weighted by Gasteiger charge is -2.64. The van der Waals surface area contributed by atoms with Crippen LogP contribution in [0.5, 0.6) is 0 Å². The van der Waals surface area contributed by atoms with Crippen LogP contribution in [-0.2, 0) is 28.5 Å². The molecule has 49 heavy (non-hydrogen) atoms. The fourth-order valence-corrected chi connectivity index (χ4v) is 11.5. The number of ether oxygens (including phenoxy) is 5. The number of cyclic esters (lactones) is 1. The highest BCUT2D eigenvalue weighted by Crippen LogP contribution is 2.70. The number of carbonyl (C=O) groups excluding carboxylic acids is 1. The number of aliphatic hydroxyl groups is 5. The quantitative estimate of drug-likeness (QED) is 0.0898. The molecule has 4 saturated carbocycles. The average Bonchev–Trinajstić information content (AvgIpc) is 3.61. The molecule has 274 valence electrons. The number of rotatable bonds is 6. The fourth-order valence-electron chi connectivity index (χ4n) is 11.5. The Morgan fingerprint density at radius 2 is 1.61 bits per heavy atom. The topological polar surface area (TPSA) is 213 Å². The van der Waals surface area contributed by atoms with E-state index in [1.165, 1.54) is 0 Å². The fraction of sp³-hybridized carbons (Fsp3) is 0.914. The minimum Gasteiger partial charge on any atom is -0.458 e. The van der Waals surface area contributed by atoms with Crippen LogP contribution in [0.2, 0.25) is 0 Å². The second-order valence-electron chi connectivity index (χ2n) is 16.5. The van der Waals surface area contributed by atoms with Gasteiger partial charge < -0.3 is 49.2 Å². The molecule has 0 spiro atoms. The summed E-state index contributed by atoms with van der Waals surface area (Å²) in [6, 6.07) is -1.03. The van der Waals surface area contributed by atoms with Gasteiger partial charge in [-0.1, -0.05) is 19.0 Å². The lowest BCUT2D eigenvalue weighted by molar-refractivity contribution is -0.353. The number of esters is 1. The van der Waals surface area contributed by atoms with Gasteiger partial charge in [0, 0.05) is 16.4 Å². The van der Waals surface area contributed by atoms with Crippen molar-refractivity contribution in [1.29, 1.82) is 0 Å². The molecule has 14 heteroatoms. The highest BCUT2D eigenvalue weighted by molar-refractivity contribution is 5.85. The minimum atomic E-state index is -1.58. The smallest absolute Gasteiger partial charge is 0.331 e. The monoisotopic (exact) mass is 691 g/mol. The Balaban J connectivity index is 1.00. The van der Waals surface area contributed by atoms with Crippen molar-refractivity contribution in [3.8, 4) is 0 Å². The van der Waals surface area contributed by atoms with Gasteiger partial charge in [-0.15, -0.1) is 0 Å². The molecule has 7 rings (SSSR count). The Morgan fingerprint density at radius 1 is 0.878 bits per heavy atom. The van der Waals surface area contributed by atoms with Gasteiger partial charge in [-0.05, 0) is 112 Å². The van der Waals surface area contributed by atoms with E-state index >= 15 is 0 Å². The van der Waals surface area contributed by atoms with Crippen LogP contribution in [-0.4, -0.2) is 111 Å². The molecule has 14 nitrogen and oxygen atoms in total. The van der Waals surface area contributed by atoms with Gasteiger partial charge in [0.1, 0.15) is 31.0 Å². The Hall–Kier alpha value is -1.84. The van der Waals surface area contributed by atoms with Crippen LogP contribution in [0.4, 0.5) is 0 Å². The third kappa shape index (κ3) is 5.66. The van der Waals surface area contributed by atoms with Crippen molar-refractivity contribution in [3.63, 3.8) is 0 Å². The number of aliphatic hydroxyl groups excluding tert-OH is 4. The SMILES string of the molecule is CC1O[C@@H](O[C@H]2CCC3(C)C4CCC5(C)[C@@H](C6=CC(=O)OC6)CC[C@]5(O)[C@@H]4CC[C@@H]3C2)[C@@H](O)C(O[C@@H]2OC(C)[C@H](N=[N+]=[N-])C(O)[C@@H]2O)[C@H]1O. The third-order valence-corrected chi connectivity index (χ3v) is 14.3. The van der Waals surface area contributed by atoms with Crippen LogP contribution < -0.4 is 0 Å². The summed E-state index contributed by atoms with van der Waals surface area (Å²) in [4.78, 5) is 14.6. The first-order valence-corrected chi connectivity index (χ1v) is 18.2. The zero-order chi connectivity index (χ0) is 35.0. The second-order valence-corrected chi connectivity index (χ2v) is 16.5. The van der Waals surface area contributed by atoms with Crippen molar-refractivity contribution >= 4 is 5.97 Å². The number of fused-ring (bicyclic) bond motifs is 5. The second kappa shape index (κ2) is 13.0. The molecule has 0 amide bonds. The molecule has 7 aliphatic rings. The van der Waals surface area contributed by atoms with E-state index in [0.29, 0.717) is 18.4 Å². The number of nitrogens with zero attached hydrogens (tertiary/aromatic N) is 3. The highest BCUT2D eigenvalue weighted by Gasteiger charge is 2.68. The number of azide groups is 1. The normalized spacial score (nSPS) is 54.2. The van der Waals surface area contributed by atoms with Crippen molar-refractivity contribution in [1.82, 2.24) is 0 Å². The largest absolute Gasteiger partial charge is 0.458 e. The number of hydrogen-bond donors (Lipinski definition) is 5. The summed E-state index contributed by atoms with van der Waals surface area (Å²) < 4.78 is 29.3. The van der Waals surface area contributed by atoms with Gasteiger partial charge >= 0.3 is 5.97 Å². The van der Waals surface area contributed by atoms with Crippen molar-refractivity contribution in [2.45, 2.75) is 159 Å². The van der Waals surface area contributed by atoms with E-state index in [0.717, 1.165) is 63.4 Å². The van der Waals surface area contributed by atoms with Crippen molar-refractivity contribution < 1.29 is 54.0 Å². The summed E-state index contributed by atoms with van der Waals surface area (Å²) in [6.07, 6.45) is -1.65. The van der Waals surface area contributed by atoms with Crippen molar-refractivity contribution in [3.05, 3.63) is 22.1 Å². The van der Waals surface area contributed by atoms with Crippen LogP contribution >= 0.6 is 0 Å².